The number of Topliss-reactive ketones (excluding diaryl/α,β-unsaturated/α-hetero) is 1. The first-order valence-corrected chi connectivity index (χ1v) is 8.81. The Balaban J connectivity index is 2.18. The molecule has 0 aromatic heterocycles. The number of carbonyl (C=O) groups excluding carboxylic acids is 3. The zero-order valence-corrected chi connectivity index (χ0v) is 15.3. The summed E-state index contributed by atoms with van der Waals surface area (Å²) in [4.78, 5) is 41.2. The van der Waals surface area contributed by atoms with E-state index in [1.807, 2.05) is 51.1 Å². The minimum Gasteiger partial charge on any atom is -0.464 e. The van der Waals surface area contributed by atoms with Gasteiger partial charge in [0.05, 0.1) is 6.61 Å². The van der Waals surface area contributed by atoms with Crippen molar-refractivity contribution in [3.05, 3.63) is 35.9 Å². The molecule has 1 aliphatic heterocycles. The monoisotopic (exact) mass is 343 g/mol. The first kappa shape index (κ1) is 17.6. The van der Waals surface area contributed by atoms with Crippen molar-refractivity contribution in [1.82, 2.24) is 4.90 Å². The highest BCUT2D eigenvalue weighted by Crippen LogP contribution is 2.58. The second-order valence-corrected chi connectivity index (χ2v) is 7.97. The Morgan fingerprint density at radius 3 is 2.24 bits per heavy atom. The maximum atomic E-state index is 13.4. The van der Waals surface area contributed by atoms with E-state index in [-0.39, 0.29) is 24.7 Å². The molecule has 1 aromatic carbocycles. The zero-order chi connectivity index (χ0) is 18.5. The van der Waals surface area contributed by atoms with Gasteiger partial charge in [-0.15, -0.1) is 0 Å². The summed E-state index contributed by atoms with van der Waals surface area (Å²) >= 11 is 0. The molecule has 3 rings (SSSR count). The van der Waals surface area contributed by atoms with Crippen LogP contribution < -0.4 is 0 Å². The third kappa shape index (κ3) is 2.48. The predicted octanol–water partition coefficient (Wildman–Crippen LogP) is 2.52. The van der Waals surface area contributed by atoms with E-state index in [0.717, 1.165) is 5.56 Å². The van der Waals surface area contributed by atoms with Crippen molar-refractivity contribution in [1.29, 1.82) is 0 Å². The highest BCUT2D eigenvalue weighted by molar-refractivity contribution is 6.27. The van der Waals surface area contributed by atoms with Crippen LogP contribution in [0.25, 0.3) is 0 Å². The van der Waals surface area contributed by atoms with Crippen LogP contribution in [0.1, 0.15) is 46.1 Å². The lowest BCUT2D eigenvalue weighted by molar-refractivity contribution is -0.166. The van der Waals surface area contributed by atoms with Gasteiger partial charge >= 0.3 is 5.97 Å². The molecule has 5 heteroatoms. The highest BCUT2D eigenvalue weighted by Gasteiger charge is 2.76. The van der Waals surface area contributed by atoms with E-state index in [1.165, 1.54) is 4.90 Å². The fraction of sp³-hybridized carbons (Fsp3) is 0.550. The van der Waals surface area contributed by atoms with Crippen molar-refractivity contribution >= 4 is 17.7 Å². The van der Waals surface area contributed by atoms with Crippen molar-refractivity contribution in [2.45, 2.75) is 58.0 Å². The Labute approximate surface area is 148 Å². The lowest BCUT2D eigenvalue weighted by Gasteiger charge is -2.43. The second kappa shape index (κ2) is 5.68. The molecule has 1 aliphatic carbocycles. The summed E-state index contributed by atoms with van der Waals surface area (Å²) in [7, 11) is 0. The van der Waals surface area contributed by atoms with Gasteiger partial charge in [-0.3, -0.25) is 9.59 Å². The van der Waals surface area contributed by atoms with Crippen molar-refractivity contribution in [2.75, 3.05) is 6.61 Å². The molecule has 0 N–H and O–H groups in total. The number of benzene rings is 1. The summed E-state index contributed by atoms with van der Waals surface area (Å²) in [6.45, 7) is 7.46. The van der Waals surface area contributed by atoms with E-state index in [0.29, 0.717) is 12.8 Å². The fourth-order valence-corrected chi connectivity index (χ4v) is 3.98. The lowest BCUT2D eigenvalue weighted by atomic mass is 9.81. The number of ketones is 1. The summed E-state index contributed by atoms with van der Waals surface area (Å²) in [5, 5.41) is 0. The molecule has 0 bridgehead atoms. The molecule has 2 aliphatic rings. The molecular formula is C20H25NO4. The van der Waals surface area contributed by atoms with E-state index in [9.17, 15) is 14.4 Å². The SMILES string of the molecule is CCOC(=O)C1(Cc2ccccc2)C(=O)C2(CC2)C(=O)N1C(C)(C)C. The molecule has 134 valence electrons. The number of hydrogen-bond donors (Lipinski definition) is 0. The average Bonchev–Trinajstić information content (AvgIpc) is 3.31. The van der Waals surface area contributed by atoms with Crippen LogP contribution in [0.2, 0.25) is 0 Å². The molecule has 1 saturated heterocycles. The van der Waals surface area contributed by atoms with Crippen molar-refractivity contribution in [3.8, 4) is 0 Å². The standard InChI is InChI=1S/C20H25NO4/c1-5-25-17(24)20(13-14-9-7-6-8-10-14)15(22)19(11-12-19)16(23)21(20)18(2,3)4/h6-10H,5,11-13H2,1-4H3. The molecule has 2 fully saturated rings. The number of carbonyl (C=O) groups is 3. The Morgan fingerprint density at radius 2 is 1.76 bits per heavy atom. The number of esters is 1. The number of hydrogen-bond acceptors (Lipinski definition) is 4. The van der Waals surface area contributed by atoms with E-state index in [1.54, 1.807) is 6.92 Å². The Kier molecular flexibility index (Phi) is 4.01. The number of rotatable bonds is 4. The molecule has 5 nitrogen and oxygen atoms in total. The number of nitrogens with zero attached hydrogens (tertiary/aromatic N) is 1. The van der Waals surface area contributed by atoms with Crippen LogP contribution in [0, 0.1) is 5.41 Å². The molecule has 0 radical (unpaired) electrons. The predicted molar refractivity (Wildman–Crippen MR) is 92.8 cm³/mol. The number of likely N-dealkylation sites (tertiary alicyclic amines) is 1. The summed E-state index contributed by atoms with van der Waals surface area (Å²) in [5.41, 5.74) is -2.43. The van der Waals surface area contributed by atoms with E-state index in [4.69, 9.17) is 4.74 Å². The van der Waals surface area contributed by atoms with Crippen molar-refractivity contribution < 1.29 is 19.1 Å². The normalized spacial score (nSPS) is 24.7. The van der Waals surface area contributed by atoms with Gasteiger partial charge in [-0.2, -0.15) is 0 Å². The van der Waals surface area contributed by atoms with E-state index >= 15 is 0 Å². The van der Waals surface area contributed by atoms with Gasteiger partial charge in [-0.05, 0) is 46.1 Å². The van der Waals surface area contributed by atoms with Gasteiger partial charge in [0, 0.05) is 12.0 Å². The molecule has 1 spiro atoms. The van der Waals surface area contributed by atoms with Gasteiger partial charge in [0.25, 0.3) is 0 Å². The number of ether oxygens (including phenoxy) is 1. The molecular weight excluding hydrogens is 318 g/mol. The molecule has 1 amide bonds. The van der Waals surface area contributed by atoms with E-state index in [2.05, 4.69) is 0 Å². The molecule has 1 unspecified atom stereocenters. The molecule has 25 heavy (non-hydrogen) atoms. The van der Waals surface area contributed by atoms with Gasteiger partial charge in [-0.25, -0.2) is 4.79 Å². The molecule has 1 saturated carbocycles. The fourth-order valence-electron chi connectivity index (χ4n) is 3.98. The molecule has 1 atom stereocenters. The topological polar surface area (TPSA) is 63.7 Å². The van der Waals surface area contributed by atoms with Gasteiger partial charge in [-0.1, -0.05) is 30.3 Å². The summed E-state index contributed by atoms with van der Waals surface area (Å²) in [5.74, 6) is -1.13. The summed E-state index contributed by atoms with van der Waals surface area (Å²) < 4.78 is 5.31. The zero-order valence-electron chi connectivity index (χ0n) is 15.3. The van der Waals surface area contributed by atoms with Crippen LogP contribution in [-0.2, 0) is 25.5 Å². The van der Waals surface area contributed by atoms with Crippen LogP contribution in [0.15, 0.2) is 30.3 Å². The average molecular weight is 343 g/mol. The second-order valence-electron chi connectivity index (χ2n) is 7.97. The third-order valence-corrected chi connectivity index (χ3v) is 5.14. The maximum absolute atomic E-state index is 13.4. The third-order valence-electron chi connectivity index (χ3n) is 5.14. The first-order chi connectivity index (χ1) is 11.7. The lowest BCUT2D eigenvalue weighted by Crippen LogP contribution is -2.63. The maximum Gasteiger partial charge on any atom is 0.340 e. The largest absolute Gasteiger partial charge is 0.464 e. The minimum absolute atomic E-state index is 0.149. The van der Waals surface area contributed by atoms with Crippen LogP contribution in [0.5, 0.6) is 0 Å². The quantitative estimate of drug-likeness (QED) is 0.622. The Hall–Kier alpha value is -2.17. The minimum atomic E-state index is -1.58. The highest BCUT2D eigenvalue weighted by atomic mass is 16.5. The Morgan fingerprint density at radius 1 is 1.16 bits per heavy atom. The Bertz CT molecular complexity index is 715. The van der Waals surface area contributed by atoms with Crippen LogP contribution in [-0.4, -0.2) is 40.2 Å². The van der Waals surface area contributed by atoms with Gasteiger partial charge in [0.1, 0.15) is 5.41 Å². The summed E-state index contributed by atoms with van der Waals surface area (Å²) in [6.07, 6.45) is 1.19. The van der Waals surface area contributed by atoms with Crippen molar-refractivity contribution in [2.24, 2.45) is 5.41 Å². The summed E-state index contributed by atoms with van der Waals surface area (Å²) in [6, 6.07) is 9.36. The number of amides is 1. The van der Waals surface area contributed by atoms with Gasteiger partial charge in [0.2, 0.25) is 11.4 Å². The van der Waals surface area contributed by atoms with Gasteiger partial charge < -0.3 is 9.64 Å². The van der Waals surface area contributed by atoms with E-state index < -0.39 is 22.5 Å². The smallest absolute Gasteiger partial charge is 0.340 e. The first-order valence-electron chi connectivity index (χ1n) is 8.81. The molecule has 1 heterocycles. The van der Waals surface area contributed by atoms with Crippen molar-refractivity contribution in [3.63, 3.8) is 0 Å². The van der Waals surface area contributed by atoms with Gasteiger partial charge in [0.15, 0.2) is 5.78 Å². The van der Waals surface area contributed by atoms with Crippen LogP contribution in [0.3, 0.4) is 0 Å². The van der Waals surface area contributed by atoms with Crippen LogP contribution in [0.4, 0.5) is 0 Å². The van der Waals surface area contributed by atoms with Crippen LogP contribution >= 0.6 is 0 Å². The molecule has 1 aromatic rings.